The molecule has 1 amide bonds. The van der Waals surface area contributed by atoms with Crippen molar-refractivity contribution < 1.29 is 14.0 Å². The van der Waals surface area contributed by atoms with Crippen LogP contribution in [0.4, 0.5) is 5.69 Å². The van der Waals surface area contributed by atoms with Gasteiger partial charge >= 0.3 is 17.2 Å². The molecule has 6 heteroatoms. The molecule has 0 unspecified atom stereocenters. The highest BCUT2D eigenvalue weighted by molar-refractivity contribution is 6.01. The van der Waals surface area contributed by atoms with Crippen molar-refractivity contribution in [3.8, 4) is 0 Å². The number of aryl methyl sites for hydroxylation is 3. The second kappa shape index (κ2) is 4.48. The molecular weight excluding hydrogens is 234 g/mol. The van der Waals surface area contributed by atoms with Crippen molar-refractivity contribution in [1.29, 1.82) is 0 Å². The van der Waals surface area contributed by atoms with Gasteiger partial charge in [-0.1, -0.05) is 10.7 Å². The summed E-state index contributed by atoms with van der Waals surface area (Å²) < 4.78 is 5.76. The standard InChI is InChI=1S/C12H13N3O3/c1-7-4-8(2)6-9(5-7)13-11(16)10-12(17)18-14-15(10)3/h4-6H,1-3H3,(H-,13,14,16,17)/p+1. The second-order valence-electron chi connectivity index (χ2n) is 4.22. The van der Waals surface area contributed by atoms with E-state index in [2.05, 4.69) is 15.1 Å². The molecule has 0 saturated carbocycles. The SMILES string of the molecule is Cc1cc(C)cc(NC(=O)c2c(=O)o[nH][n+]2C)c1. The van der Waals surface area contributed by atoms with E-state index < -0.39 is 11.5 Å². The third-order valence-electron chi connectivity index (χ3n) is 2.50. The van der Waals surface area contributed by atoms with Gasteiger partial charge in [-0.2, -0.15) is 0 Å². The molecule has 6 nitrogen and oxygen atoms in total. The van der Waals surface area contributed by atoms with Gasteiger partial charge in [-0.05, 0) is 42.4 Å². The number of carbonyl (C=O) groups is 1. The Kier molecular flexibility index (Phi) is 3.01. The minimum absolute atomic E-state index is 0.0749. The Morgan fingerprint density at radius 3 is 2.39 bits per heavy atom. The Balaban J connectivity index is 2.30. The van der Waals surface area contributed by atoms with E-state index in [0.29, 0.717) is 5.69 Å². The minimum Gasteiger partial charge on any atom is -0.316 e. The van der Waals surface area contributed by atoms with Gasteiger partial charge in [0, 0.05) is 5.69 Å². The number of benzene rings is 1. The molecule has 0 fully saturated rings. The first-order valence-corrected chi connectivity index (χ1v) is 5.44. The van der Waals surface area contributed by atoms with Crippen LogP contribution in [0.3, 0.4) is 0 Å². The smallest absolute Gasteiger partial charge is 0.316 e. The number of nitrogens with one attached hydrogen (secondary N) is 2. The van der Waals surface area contributed by atoms with Crippen LogP contribution < -0.4 is 15.6 Å². The molecule has 2 N–H and O–H groups in total. The normalized spacial score (nSPS) is 10.4. The summed E-state index contributed by atoms with van der Waals surface area (Å²) in [6, 6.07) is 5.67. The number of aromatic nitrogens is 2. The van der Waals surface area contributed by atoms with Crippen LogP contribution in [0.1, 0.15) is 21.6 Å². The second-order valence-corrected chi connectivity index (χ2v) is 4.22. The molecule has 2 rings (SSSR count). The average Bonchev–Trinajstić information content (AvgIpc) is 2.56. The first kappa shape index (κ1) is 12.1. The Morgan fingerprint density at radius 2 is 1.89 bits per heavy atom. The molecule has 0 aliphatic carbocycles. The van der Waals surface area contributed by atoms with E-state index in [9.17, 15) is 9.59 Å². The summed E-state index contributed by atoms with van der Waals surface area (Å²) in [7, 11) is 1.53. The Labute approximate surface area is 103 Å². The quantitative estimate of drug-likeness (QED) is 0.766. The van der Waals surface area contributed by atoms with Gasteiger partial charge in [-0.3, -0.25) is 9.32 Å². The number of rotatable bonds is 2. The maximum atomic E-state index is 11.9. The van der Waals surface area contributed by atoms with Gasteiger partial charge in [0.05, 0.1) is 0 Å². The first-order valence-electron chi connectivity index (χ1n) is 5.44. The molecule has 0 radical (unpaired) electrons. The highest BCUT2D eigenvalue weighted by Gasteiger charge is 2.26. The van der Waals surface area contributed by atoms with Crippen LogP contribution in [0.5, 0.6) is 0 Å². The van der Waals surface area contributed by atoms with Crippen LogP contribution in [-0.2, 0) is 7.05 Å². The summed E-state index contributed by atoms with van der Waals surface area (Å²) in [6.07, 6.45) is 0. The van der Waals surface area contributed by atoms with E-state index in [-0.39, 0.29) is 5.69 Å². The number of H-pyrrole nitrogens is 1. The van der Waals surface area contributed by atoms with Crippen molar-refractivity contribution in [3.63, 3.8) is 0 Å². The first-order chi connectivity index (χ1) is 8.47. The Bertz CT molecular complexity index is 635. The van der Waals surface area contributed by atoms with Crippen molar-refractivity contribution in [2.45, 2.75) is 13.8 Å². The van der Waals surface area contributed by atoms with E-state index in [1.54, 1.807) is 0 Å². The summed E-state index contributed by atoms with van der Waals surface area (Å²) >= 11 is 0. The topological polar surface area (TPSA) is 79.0 Å². The minimum atomic E-state index is -0.695. The van der Waals surface area contributed by atoms with Crippen LogP contribution in [0.25, 0.3) is 0 Å². The lowest BCUT2D eigenvalue weighted by molar-refractivity contribution is -0.741. The maximum Gasteiger partial charge on any atom is 0.440 e. The molecule has 94 valence electrons. The van der Waals surface area contributed by atoms with Crippen LogP contribution in [0.2, 0.25) is 0 Å². The van der Waals surface area contributed by atoms with Gasteiger partial charge in [0.15, 0.2) is 7.05 Å². The van der Waals surface area contributed by atoms with Crippen molar-refractivity contribution in [2.75, 3.05) is 5.32 Å². The molecule has 1 heterocycles. The lowest BCUT2D eigenvalue weighted by Gasteiger charge is -2.04. The van der Waals surface area contributed by atoms with Crippen LogP contribution in [-0.4, -0.2) is 11.2 Å². The number of amides is 1. The van der Waals surface area contributed by atoms with Gasteiger partial charge in [0.25, 0.3) is 0 Å². The van der Waals surface area contributed by atoms with Gasteiger partial charge in [0.2, 0.25) is 0 Å². The van der Waals surface area contributed by atoms with Crippen molar-refractivity contribution in [3.05, 3.63) is 45.4 Å². The van der Waals surface area contributed by atoms with Gasteiger partial charge in [0.1, 0.15) is 0 Å². The van der Waals surface area contributed by atoms with Crippen LogP contribution >= 0.6 is 0 Å². The van der Waals surface area contributed by atoms with E-state index in [1.807, 2.05) is 32.0 Å². The maximum absolute atomic E-state index is 11.9. The van der Waals surface area contributed by atoms with Crippen molar-refractivity contribution >= 4 is 11.6 Å². The molecule has 0 spiro atoms. The molecule has 0 aliphatic rings. The predicted octanol–water partition coefficient (Wildman–Crippen LogP) is 0.662. The largest absolute Gasteiger partial charge is 0.440 e. The molecule has 18 heavy (non-hydrogen) atoms. The Morgan fingerprint density at radius 1 is 1.28 bits per heavy atom. The lowest BCUT2D eigenvalue weighted by atomic mass is 10.1. The zero-order chi connectivity index (χ0) is 13.3. The number of carbonyl (C=O) groups excluding carboxylic acids is 1. The molecular formula is C12H14N3O3+. The van der Waals surface area contributed by atoms with Gasteiger partial charge < -0.3 is 5.32 Å². The molecule has 0 bridgehead atoms. The zero-order valence-corrected chi connectivity index (χ0v) is 10.4. The number of nitrogens with zero attached hydrogens (tertiary/aromatic N) is 1. The summed E-state index contributed by atoms with van der Waals surface area (Å²) in [6.45, 7) is 3.88. The highest BCUT2D eigenvalue weighted by atomic mass is 16.5. The summed E-state index contributed by atoms with van der Waals surface area (Å²) in [5.74, 6) is -0.502. The van der Waals surface area contributed by atoms with E-state index in [4.69, 9.17) is 0 Å². The Hall–Kier alpha value is -2.37. The van der Waals surface area contributed by atoms with Gasteiger partial charge in [-0.15, -0.1) is 0 Å². The molecule has 2 aromatic rings. The third-order valence-corrected chi connectivity index (χ3v) is 2.50. The van der Waals surface area contributed by atoms with Gasteiger partial charge in [-0.25, -0.2) is 4.79 Å². The van der Waals surface area contributed by atoms with E-state index in [1.165, 1.54) is 11.7 Å². The zero-order valence-electron chi connectivity index (χ0n) is 10.4. The number of aromatic amines is 1. The fourth-order valence-electron chi connectivity index (χ4n) is 1.82. The summed E-state index contributed by atoms with van der Waals surface area (Å²) in [5.41, 5.74) is 1.96. The number of anilines is 1. The molecule has 0 aliphatic heterocycles. The number of hydrogen-bond donors (Lipinski definition) is 2. The number of hydrogen-bond acceptors (Lipinski definition) is 3. The molecule has 1 aromatic heterocycles. The summed E-state index contributed by atoms with van der Waals surface area (Å²) in [4.78, 5) is 23.3. The lowest BCUT2D eigenvalue weighted by Crippen LogP contribution is -2.41. The molecule has 1 aromatic carbocycles. The molecule has 0 saturated heterocycles. The van der Waals surface area contributed by atoms with Crippen LogP contribution in [0, 0.1) is 13.8 Å². The highest BCUT2D eigenvalue weighted by Crippen LogP contribution is 2.13. The third kappa shape index (κ3) is 2.32. The fraction of sp³-hybridized carbons (Fsp3) is 0.250. The summed E-state index contributed by atoms with van der Waals surface area (Å²) in [5, 5.41) is 4.96. The van der Waals surface area contributed by atoms with Crippen molar-refractivity contribution in [2.24, 2.45) is 7.05 Å². The van der Waals surface area contributed by atoms with Crippen molar-refractivity contribution in [1.82, 2.24) is 5.27 Å². The fourth-order valence-corrected chi connectivity index (χ4v) is 1.82. The molecule has 0 atom stereocenters. The monoisotopic (exact) mass is 248 g/mol. The van der Waals surface area contributed by atoms with Crippen LogP contribution in [0.15, 0.2) is 27.5 Å². The van der Waals surface area contributed by atoms with E-state index in [0.717, 1.165) is 11.1 Å². The van der Waals surface area contributed by atoms with E-state index >= 15 is 0 Å². The average molecular weight is 248 g/mol. The predicted molar refractivity (Wildman–Crippen MR) is 64.4 cm³/mol.